The van der Waals surface area contributed by atoms with Crippen LogP contribution in [0.3, 0.4) is 0 Å². The molecule has 0 atom stereocenters. The Morgan fingerprint density at radius 3 is 2.14 bits per heavy atom. The van der Waals surface area contributed by atoms with Crippen LogP contribution in [0.1, 0.15) is 0 Å². The van der Waals surface area contributed by atoms with Gasteiger partial charge < -0.3 is 14.9 Å². The highest BCUT2D eigenvalue weighted by molar-refractivity contribution is 7.99. The molecule has 0 spiro atoms. The molecule has 0 saturated heterocycles. The summed E-state index contributed by atoms with van der Waals surface area (Å²) in [6, 6.07) is 0. The molecule has 0 bridgehead atoms. The van der Waals surface area contributed by atoms with Crippen LogP contribution < -0.4 is 0 Å². The topological polar surface area (TPSA) is 83.8 Å². The van der Waals surface area contributed by atoms with Crippen LogP contribution in [0.4, 0.5) is 0 Å². The normalized spacial score (nSPS) is 8.29. The molecule has 0 aliphatic rings. The van der Waals surface area contributed by atoms with Gasteiger partial charge in [-0.15, -0.1) is 36.6 Å². The number of aliphatic carboxylic acids is 2. The third-order valence-electron chi connectivity index (χ3n) is 0.823. The number of carbonyl (C=O) groups is 2. The van der Waals surface area contributed by atoms with Crippen molar-refractivity contribution < 1.29 is 24.5 Å². The van der Waals surface area contributed by atoms with Crippen molar-refractivity contribution in [3.8, 4) is 0 Å². The van der Waals surface area contributed by atoms with E-state index >= 15 is 0 Å². The standard InChI is InChI=1S/C6H10O5S.2ClH/c7-5(8)3-11-1-2-12-4-6(9)10;;/h1-4H2,(H,7,8)(H,9,10);2*1H. The van der Waals surface area contributed by atoms with Gasteiger partial charge in [-0.2, -0.15) is 0 Å². The Bertz CT molecular complexity index is 148. The predicted molar refractivity (Wildman–Crippen MR) is 57.9 cm³/mol. The number of hydrogen-bond acceptors (Lipinski definition) is 4. The molecule has 0 fully saturated rings. The summed E-state index contributed by atoms with van der Waals surface area (Å²) in [5.41, 5.74) is 0. The molecule has 5 nitrogen and oxygen atoms in total. The lowest BCUT2D eigenvalue weighted by Gasteiger charge is -1.98. The van der Waals surface area contributed by atoms with E-state index < -0.39 is 11.9 Å². The molecular formula is C6H12Cl2O5S. The molecule has 14 heavy (non-hydrogen) atoms. The van der Waals surface area contributed by atoms with E-state index in [0.717, 1.165) is 0 Å². The highest BCUT2D eigenvalue weighted by Gasteiger charge is 1.98. The maximum Gasteiger partial charge on any atom is 0.329 e. The van der Waals surface area contributed by atoms with Gasteiger partial charge in [-0.3, -0.25) is 4.79 Å². The Balaban J connectivity index is -0.000000605. The molecule has 0 heterocycles. The summed E-state index contributed by atoms with van der Waals surface area (Å²) in [7, 11) is 0. The van der Waals surface area contributed by atoms with Gasteiger partial charge in [-0.25, -0.2) is 4.79 Å². The minimum absolute atomic E-state index is 0. The first-order chi connectivity index (χ1) is 5.63. The minimum Gasteiger partial charge on any atom is -0.481 e. The molecule has 0 rings (SSSR count). The third-order valence-corrected chi connectivity index (χ3v) is 1.73. The van der Waals surface area contributed by atoms with E-state index in [1.807, 2.05) is 0 Å². The Hall–Kier alpha value is -0.170. The van der Waals surface area contributed by atoms with Crippen molar-refractivity contribution in [2.24, 2.45) is 0 Å². The lowest BCUT2D eigenvalue weighted by Crippen LogP contribution is -2.09. The average Bonchev–Trinajstić information content (AvgIpc) is 1.95. The van der Waals surface area contributed by atoms with Crippen LogP contribution in [-0.4, -0.2) is 46.9 Å². The van der Waals surface area contributed by atoms with Crippen molar-refractivity contribution in [1.29, 1.82) is 0 Å². The van der Waals surface area contributed by atoms with Gasteiger partial charge in [0.2, 0.25) is 0 Å². The molecule has 0 aliphatic carbocycles. The lowest BCUT2D eigenvalue weighted by atomic mass is 10.7. The van der Waals surface area contributed by atoms with Crippen LogP contribution in [0.25, 0.3) is 0 Å². The van der Waals surface area contributed by atoms with Gasteiger partial charge in [-0.05, 0) is 0 Å². The summed E-state index contributed by atoms with van der Waals surface area (Å²) in [6.07, 6.45) is 0. The zero-order valence-electron chi connectivity index (χ0n) is 7.17. The highest BCUT2D eigenvalue weighted by atomic mass is 35.5. The van der Waals surface area contributed by atoms with Crippen molar-refractivity contribution in [3.63, 3.8) is 0 Å². The highest BCUT2D eigenvalue weighted by Crippen LogP contribution is 1.98. The Kier molecular flexibility index (Phi) is 17.8. The Labute approximate surface area is 98.0 Å². The smallest absolute Gasteiger partial charge is 0.329 e. The molecule has 0 radical (unpaired) electrons. The molecule has 0 amide bonds. The van der Waals surface area contributed by atoms with E-state index in [0.29, 0.717) is 5.75 Å². The van der Waals surface area contributed by atoms with E-state index in [-0.39, 0.29) is 43.8 Å². The van der Waals surface area contributed by atoms with Gasteiger partial charge in [0.15, 0.2) is 0 Å². The summed E-state index contributed by atoms with van der Waals surface area (Å²) >= 11 is 1.20. The zero-order chi connectivity index (χ0) is 9.40. The Morgan fingerprint density at radius 1 is 1.14 bits per heavy atom. The van der Waals surface area contributed by atoms with E-state index in [2.05, 4.69) is 4.74 Å². The number of ether oxygens (including phenoxy) is 1. The maximum absolute atomic E-state index is 9.98. The van der Waals surface area contributed by atoms with Crippen LogP contribution in [0.2, 0.25) is 0 Å². The lowest BCUT2D eigenvalue weighted by molar-refractivity contribution is -0.142. The first-order valence-corrected chi connectivity index (χ1v) is 4.37. The summed E-state index contributed by atoms with van der Waals surface area (Å²) in [6.45, 7) is -0.0577. The van der Waals surface area contributed by atoms with Gasteiger partial charge in [-0.1, -0.05) is 0 Å². The fourth-order valence-corrected chi connectivity index (χ4v) is 0.991. The predicted octanol–water partition coefficient (Wildman–Crippen LogP) is 0.749. The maximum atomic E-state index is 9.98. The van der Waals surface area contributed by atoms with Gasteiger partial charge in [0, 0.05) is 5.75 Å². The van der Waals surface area contributed by atoms with Crippen LogP contribution in [0.15, 0.2) is 0 Å². The van der Waals surface area contributed by atoms with Crippen molar-refractivity contribution >= 4 is 48.5 Å². The number of rotatable bonds is 7. The van der Waals surface area contributed by atoms with E-state index in [1.165, 1.54) is 11.8 Å². The van der Waals surface area contributed by atoms with E-state index in [1.54, 1.807) is 0 Å². The molecule has 0 saturated carbocycles. The first-order valence-electron chi connectivity index (χ1n) is 3.22. The van der Waals surface area contributed by atoms with Gasteiger partial charge in [0.25, 0.3) is 0 Å². The zero-order valence-corrected chi connectivity index (χ0v) is 9.62. The largest absolute Gasteiger partial charge is 0.481 e. The average molecular weight is 267 g/mol. The fourth-order valence-electron chi connectivity index (χ4n) is 0.437. The van der Waals surface area contributed by atoms with Crippen molar-refractivity contribution in [3.05, 3.63) is 0 Å². The number of hydrogen-bond donors (Lipinski definition) is 2. The van der Waals surface area contributed by atoms with Gasteiger partial charge in [0.05, 0.1) is 12.4 Å². The second-order valence-electron chi connectivity index (χ2n) is 1.89. The minimum atomic E-state index is -1.02. The molecule has 0 aromatic heterocycles. The number of carboxylic acid groups (broad SMARTS) is 2. The monoisotopic (exact) mass is 266 g/mol. The first kappa shape index (κ1) is 19.4. The number of thioether (sulfide) groups is 1. The molecule has 0 aromatic carbocycles. The van der Waals surface area contributed by atoms with E-state index in [9.17, 15) is 9.59 Å². The fraction of sp³-hybridized carbons (Fsp3) is 0.667. The second-order valence-corrected chi connectivity index (χ2v) is 3.00. The molecule has 0 aliphatic heterocycles. The molecule has 8 heteroatoms. The molecule has 2 N–H and O–H groups in total. The Morgan fingerprint density at radius 2 is 1.71 bits per heavy atom. The summed E-state index contributed by atoms with van der Waals surface area (Å²) < 4.78 is 4.66. The number of halogens is 2. The van der Waals surface area contributed by atoms with Gasteiger partial charge in [0.1, 0.15) is 6.61 Å². The molecule has 0 unspecified atom stereocenters. The second kappa shape index (κ2) is 12.8. The summed E-state index contributed by atoms with van der Waals surface area (Å²) in [5, 5.41) is 16.3. The van der Waals surface area contributed by atoms with Crippen molar-refractivity contribution in [2.75, 3.05) is 24.7 Å². The van der Waals surface area contributed by atoms with Crippen LogP contribution in [-0.2, 0) is 14.3 Å². The van der Waals surface area contributed by atoms with E-state index in [4.69, 9.17) is 10.2 Å². The van der Waals surface area contributed by atoms with Crippen LogP contribution in [0.5, 0.6) is 0 Å². The molecule has 86 valence electrons. The van der Waals surface area contributed by atoms with Gasteiger partial charge >= 0.3 is 11.9 Å². The van der Waals surface area contributed by atoms with Crippen molar-refractivity contribution in [1.82, 2.24) is 0 Å². The third kappa shape index (κ3) is 17.8. The van der Waals surface area contributed by atoms with Crippen LogP contribution in [0, 0.1) is 0 Å². The number of carboxylic acids is 2. The van der Waals surface area contributed by atoms with Crippen molar-refractivity contribution in [2.45, 2.75) is 0 Å². The van der Waals surface area contributed by atoms with Crippen LogP contribution >= 0.6 is 36.6 Å². The molecular weight excluding hydrogens is 255 g/mol. The summed E-state index contributed by atoms with van der Waals surface area (Å²) in [4.78, 5) is 19.9. The summed E-state index contributed by atoms with van der Waals surface area (Å²) in [5.74, 6) is -1.37. The molecule has 0 aromatic rings. The SMILES string of the molecule is Cl.Cl.O=C(O)COCCSCC(=O)O. The quantitative estimate of drug-likeness (QED) is 0.662.